The molecule has 0 aromatic heterocycles. The highest BCUT2D eigenvalue weighted by Gasteiger charge is 2.64. The summed E-state index contributed by atoms with van der Waals surface area (Å²) in [6.45, 7) is 3.79. The Labute approximate surface area is 562 Å². The molecule has 97 heavy (non-hydrogen) atoms. The van der Waals surface area contributed by atoms with Crippen molar-refractivity contribution in [3.63, 3.8) is 0 Å². The number of methoxy groups -OCH3 is 3. The monoisotopic (exact) mass is 1400 g/mol. The van der Waals surface area contributed by atoms with Gasteiger partial charge < -0.3 is 58.6 Å². The van der Waals surface area contributed by atoms with Crippen LogP contribution in [-0.2, 0) is 58.1 Å². The van der Waals surface area contributed by atoms with Crippen molar-refractivity contribution in [2.24, 2.45) is 5.41 Å². The van der Waals surface area contributed by atoms with Gasteiger partial charge in [0.1, 0.15) is 51.7 Å². The number of piperidine rings is 2. The number of hydroxylamine groups is 3. The third-order valence-electron chi connectivity index (χ3n) is 18.8. The van der Waals surface area contributed by atoms with Gasteiger partial charge in [-0.2, -0.15) is 0 Å². The summed E-state index contributed by atoms with van der Waals surface area (Å²) in [5.41, 5.74) is 2.77. The van der Waals surface area contributed by atoms with Gasteiger partial charge in [0.15, 0.2) is 29.2 Å². The number of amides is 3. The molecule has 6 aromatic rings. The van der Waals surface area contributed by atoms with Crippen LogP contribution in [0.2, 0.25) is 0 Å². The van der Waals surface area contributed by atoms with Crippen molar-refractivity contribution in [2.45, 2.75) is 105 Å². The third kappa shape index (κ3) is 14.9. The maximum atomic E-state index is 13.7. The molecule has 27 nitrogen and oxygen atoms in total. The molecule has 9 N–H and O–H groups in total. The van der Waals surface area contributed by atoms with Crippen LogP contribution < -0.4 is 60.8 Å². The molecule has 4 unspecified atom stereocenters. The second-order valence-electron chi connectivity index (χ2n) is 24.7. The third-order valence-corrected chi connectivity index (χ3v) is 25.8. The van der Waals surface area contributed by atoms with Crippen LogP contribution in [0.5, 0.6) is 51.7 Å². The minimum absolute atomic E-state index is 0.0134. The summed E-state index contributed by atoms with van der Waals surface area (Å²) >= 11 is 0. The average molecular weight is 1400 g/mol. The molecule has 30 heteroatoms. The van der Waals surface area contributed by atoms with E-state index in [-0.39, 0.29) is 53.8 Å². The van der Waals surface area contributed by atoms with Gasteiger partial charge >= 0.3 is 0 Å². The molecule has 12 rings (SSSR count). The van der Waals surface area contributed by atoms with Gasteiger partial charge in [0.2, 0.25) is 9.84 Å². The minimum atomic E-state index is -4.27. The molecule has 6 saturated heterocycles. The van der Waals surface area contributed by atoms with E-state index >= 15 is 0 Å². The second kappa shape index (κ2) is 30.0. The molecular weight excluding hydrogens is 1320 g/mol. The molecule has 6 aliphatic rings. The van der Waals surface area contributed by atoms with Crippen molar-refractivity contribution in [1.82, 2.24) is 32.4 Å². The van der Waals surface area contributed by atoms with E-state index in [1.807, 2.05) is 0 Å². The number of hydrogen-bond acceptors (Lipinski definition) is 24. The summed E-state index contributed by atoms with van der Waals surface area (Å²) in [6.07, 6.45) is 4.59. The summed E-state index contributed by atoms with van der Waals surface area (Å²) in [5.74, 6) is 2.03. The largest absolute Gasteiger partial charge is 0.497 e. The van der Waals surface area contributed by atoms with Crippen LogP contribution in [0.1, 0.15) is 64.2 Å². The van der Waals surface area contributed by atoms with Crippen LogP contribution in [-0.4, -0.2) is 165 Å². The van der Waals surface area contributed by atoms with E-state index in [9.17, 15) is 55.3 Å². The number of rotatable bonds is 18. The molecule has 3 amide bonds. The highest BCUT2D eigenvalue weighted by Crippen LogP contribution is 2.51. The first kappa shape index (κ1) is 71.8. The first-order valence-electron chi connectivity index (χ1n) is 31.4. The first-order valence-corrected chi connectivity index (χ1v) is 35.9. The zero-order valence-corrected chi connectivity index (χ0v) is 56.2. The van der Waals surface area contributed by atoms with E-state index in [2.05, 4.69) is 16.0 Å². The molecule has 522 valence electrons. The van der Waals surface area contributed by atoms with Crippen molar-refractivity contribution in [2.75, 3.05) is 80.4 Å². The zero-order chi connectivity index (χ0) is 69.2. The Morgan fingerprint density at radius 1 is 0.371 bits per heavy atom. The van der Waals surface area contributed by atoms with E-state index in [0.29, 0.717) is 110 Å². The lowest BCUT2D eigenvalue weighted by molar-refractivity contribution is -0.142. The highest BCUT2D eigenvalue weighted by molar-refractivity contribution is 7.94. The molecule has 0 saturated carbocycles. The molecule has 0 bridgehead atoms. The molecular formula is C67H80N6O21S3. The minimum Gasteiger partial charge on any atom is -0.497 e. The maximum absolute atomic E-state index is 13.7. The Hall–Kier alpha value is -7.98. The number of hydrogen-bond donors (Lipinski definition) is 9. The van der Waals surface area contributed by atoms with Crippen molar-refractivity contribution in [3.05, 3.63) is 146 Å². The van der Waals surface area contributed by atoms with E-state index in [1.165, 1.54) is 78.3 Å². The Bertz CT molecular complexity index is 3870. The topological polar surface area (TPSA) is 370 Å². The van der Waals surface area contributed by atoms with Gasteiger partial charge in [-0.1, -0.05) is 0 Å². The van der Waals surface area contributed by atoms with Crippen LogP contribution in [0, 0.1) is 5.41 Å². The molecule has 6 fully saturated rings. The lowest BCUT2D eigenvalue weighted by atomic mass is 9.77. The van der Waals surface area contributed by atoms with E-state index in [4.69, 9.17) is 42.6 Å². The van der Waals surface area contributed by atoms with Gasteiger partial charge in [-0.25, -0.2) is 41.7 Å². The lowest BCUT2D eigenvalue weighted by Crippen LogP contribution is -2.53. The predicted octanol–water partition coefficient (Wildman–Crippen LogP) is 6.74. The van der Waals surface area contributed by atoms with Gasteiger partial charge in [0.25, 0.3) is 22.7 Å². The molecule has 6 aliphatic heterocycles. The highest BCUT2D eigenvalue weighted by atomic mass is 32.2. The Kier molecular flexibility index (Phi) is 22.2. The van der Waals surface area contributed by atoms with Gasteiger partial charge in [-0.05, 0) is 230 Å². The van der Waals surface area contributed by atoms with Crippen LogP contribution >= 0.6 is 0 Å². The number of benzene rings is 6. The molecule has 6 aromatic carbocycles. The van der Waals surface area contributed by atoms with Gasteiger partial charge in [0, 0.05) is 24.7 Å². The van der Waals surface area contributed by atoms with E-state index < -0.39 is 78.3 Å². The molecule has 6 heterocycles. The zero-order valence-electron chi connectivity index (χ0n) is 53.7. The first-order chi connectivity index (χ1) is 46.5. The summed E-state index contributed by atoms with van der Waals surface area (Å²) in [6, 6.07) is 38.4. The normalized spacial score (nSPS) is 23.4. The van der Waals surface area contributed by atoms with Crippen molar-refractivity contribution < 1.29 is 97.9 Å². The van der Waals surface area contributed by atoms with Crippen LogP contribution in [0.3, 0.4) is 0 Å². The van der Waals surface area contributed by atoms with Crippen molar-refractivity contribution >= 4 is 47.2 Å². The van der Waals surface area contributed by atoms with Crippen LogP contribution in [0.4, 0.5) is 0 Å². The lowest BCUT2D eigenvalue weighted by Gasteiger charge is -2.34. The smallest absolute Gasteiger partial charge is 0.291 e. The van der Waals surface area contributed by atoms with Crippen molar-refractivity contribution in [3.8, 4) is 51.7 Å². The van der Waals surface area contributed by atoms with Gasteiger partial charge in [-0.15, -0.1) is 0 Å². The fraction of sp³-hybridized carbons (Fsp3) is 0.418. The second-order valence-corrected chi connectivity index (χ2v) is 31.3. The summed E-state index contributed by atoms with van der Waals surface area (Å²) in [4.78, 5) is 35.7. The van der Waals surface area contributed by atoms with E-state index in [1.54, 1.807) is 105 Å². The summed E-state index contributed by atoms with van der Waals surface area (Å²) in [5, 5.41) is 37.8. The Morgan fingerprint density at radius 3 is 1.01 bits per heavy atom. The fourth-order valence-corrected chi connectivity index (χ4v) is 18.9. The quantitative estimate of drug-likeness (QED) is 0.0318. The Morgan fingerprint density at radius 2 is 0.670 bits per heavy atom. The van der Waals surface area contributed by atoms with Gasteiger partial charge in [0.05, 0.1) is 67.0 Å². The summed E-state index contributed by atoms with van der Waals surface area (Å²) < 4.78 is 128. The molecule has 4 atom stereocenters. The predicted molar refractivity (Wildman–Crippen MR) is 349 cm³/mol. The molecule has 3 spiro atoms. The SMILES string of the molecule is COc1ccc(Oc2ccc(S(=O)(=O)C3(C(=O)NO)CC4(CCNCC4)CO3)cc2)cc1.COc1ccc(Oc2ccc(S(=O)(=O)C3(C(=O)NO)COC4(CCCNCC4)C3)cc2)cc1.COc1ccc(Oc2ccc(S(=O)(=O)C3(C(=O)NO)COC4(CCNCC4)C3)cc2)cc1. The van der Waals surface area contributed by atoms with Crippen LogP contribution in [0.15, 0.2) is 160 Å². The van der Waals surface area contributed by atoms with Gasteiger partial charge in [-0.3, -0.25) is 30.0 Å². The van der Waals surface area contributed by atoms with Crippen molar-refractivity contribution in [1.29, 1.82) is 0 Å². The number of nitrogens with one attached hydrogen (secondary N) is 6. The number of carbonyl (C=O) groups is 3. The van der Waals surface area contributed by atoms with Crippen LogP contribution in [0.25, 0.3) is 0 Å². The fourth-order valence-electron chi connectivity index (χ4n) is 13.2. The number of sulfone groups is 3. The maximum Gasteiger partial charge on any atom is 0.291 e. The number of carbonyl (C=O) groups excluding carboxylic acids is 3. The standard InChI is InChI=1S/C23H28N2O7S.2C22H26N2O7S/c1-30-17-3-5-18(6-4-17)32-19-7-9-20(10-8-19)33(28,29)23(21(26)25-27)15-22(31-16-23)11-2-13-24-14-12-22;1-29-16-2-4-17(5-3-16)31-18-6-8-19(9-7-18)32(27,28)22(20(25)24-26)14-21(30-15-22)10-12-23-13-11-21;1-29-16-2-4-17(5-3-16)31-18-6-8-19(9-7-18)32(27,28)22(20(25)24-26)14-21(15-30-22)10-12-23-13-11-21/h3-10,24,27H,2,11-16H2,1H3,(H,25,26);2*2-9,23,26H,10-15H2,1H3,(H,24,25). The molecule has 0 aliphatic carbocycles. The summed E-state index contributed by atoms with van der Waals surface area (Å²) in [7, 11) is -7.92. The number of ether oxygens (including phenoxy) is 9. The average Bonchev–Trinajstić information content (AvgIpc) is 1.62. The van der Waals surface area contributed by atoms with E-state index in [0.717, 1.165) is 26.1 Å². The molecule has 0 radical (unpaired) electrons. The Balaban J connectivity index is 0.000000158.